The highest BCUT2D eigenvalue weighted by molar-refractivity contribution is 5.22. The van der Waals surface area contributed by atoms with Crippen molar-refractivity contribution in [2.24, 2.45) is 0 Å². The number of ether oxygens (including phenoxy) is 1. The van der Waals surface area contributed by atoms with Gasteiger partial charge in [0, 0.05) is 18.2 Å². The van der Waals surface area contributed by atoms with Crippen molar-refractivity contribution in [1.29, 1.82) is 0 Å². The second-order valence-electron chi connectivity index (χ2n) is 4.01. The Hall–Kier alpha value is -1.14. The molecule has 1 rings (SSSR count). The average Bonchev–Trinajstić information content (AvgIpc) is 2.36. The summed E-state index contributed by atoms with van der Waals surface area (Å²) in [5.74, 6) is -1.84. The highest BCUT2D eigenvalue weighted by Gasteiger charge is 2.17. The molecule has 1 aromatic carbocycles. The van der Waals surface area contributed by atoms with Crippen molar-refractivity contribution in [3.8, 4) is 0 Å². The van der Waals surface area contributed by atoms with Crippen LogP contribution in [0.4, 0.5) is 17.6 Å². The molecule has 0 saturated heterocycles. The lowest BCUT2D eigenvalue weighted by Gasteiger charge is -2.19. The fraction of sp³-hybridized carbons (Fsp3) is 0.538. The molecule has 0 spiro atoms. The molecule has 2 nitrogen and oxygen atoms in total. The van der Waals surface area contributed by atoms with Crippen LogP contribution in [-0.2, 0) is 4.74 Å². The number of rotatable bonds is 8. The molecule has 1 aromatic rings. The zero-order chi connectivity index (χ0) is 14.3. The summed E-state index contributed by atoms with van der Waals surface area (Å²) in [6.07, 6.45) is -2.23. The Balaban J connectivity index is 2.63. The van der Waals surface area contributed by atoms with Crippen molar-refractivity contribution in [2.45, 2.75) is 25.8 Å². The maximum Gasteiger partial charge on any atom is 0.261 e. The summed E-state index contributed by atoms with van der Waals surface area (Å²) in [6, 6.07) is 3.46. The molecule has 0 heterocycles. The third-order valence-corrected chi connectivity index (χ3v) is 2.60. The second kappa shape index (κ2) is 8.12. The summed E-state index contributed by atoms with van der Waals surface area (Å²) in [6.45, 7) is 1.78. The van der Waals surface area contributed by atoms with Crippen molar-refractivity contribution in [3.05, 3.63) is 35.4 Å². The van der Waals surface area contributed by atoms with E-state index in [1.54, 1.807) is 0 Å². The monoisotopic (exact) mass is 279 g/mol. The zero-order valence-corrected chi connectivity index (χ0v) is 10.6. The Labute approximate surface area is 109 Å². The first-order valence-corrected chi connectivity index (χ1v) is 6.09. The van der Waals surface area contributed by atoms with Gasteiger partial charge in [0.1, 0.15) is 6.61 Å². The van der Waals surface area contributed by atoms with Gasteiger partial charge in [0.15, 0.2) is 11.6 Å². The first kappa shape index (κ1) is 15.9. The van der Waals surface area contributed by atoms with Crippen LogP contribution in [0.5, 0.6) is 0 Å². The molecule has 108 valence electrons. The highest BCUT2D eigenvalue weighted by Crippen LogP contribution is 2.22. The molecule has 0 radical (unpaired) electrons. The SMILES string of the molecule is CCNC(CCOCC(F)F)c1cccc(F)c1F. The molecule has 0 fully saturated rings. The first-order valence-electron chi connectivity index (χ1n) is 6.09. The van der Waals surface area contributed by atoms with Crippen LogP contribution in [0.15, 0.2) is 18.2 Å². The standard InChI is InChI=1S/C13H17F4NO/c1-2-18-11(6-7-19-8-12(15)16)9-4-3-5-10(14)13(9)17/h3-5,11-12,18H,2,6-8H2,1H3. The van der Waals surface area contributed by atoms with Crippen molar-refractivity contribution in [3.63, 3.8) is 0 Å². The third-order valence-electron chi connectivity index (χ3n) is 2.60. The summed E-state index contributed by atoms with van der Waals surface area (Å²) in [5, 5.41) is 2.98. The van der Waals surface area contributed by atoms with E-state index in [0.717, 1.165) is 6.07 Å². The molecule has 0 aliphatic rings. The fourth-order valence-electron chi connectivity index (χ4n) is 1.78. The van der Waals surface area contributed by atoms with Gasteiger partial charge in [-0.15, -0.1) is 0 Å². The number of halogens is 4. The van der Waals surface area contributed by atoms with E-state index in [0.29, 0.717) is 13.0 Å². The van der Waals surface area contributed by atoms with E-state index in [9.17, 15) is 17.6 Å². The van der Waals surface area contributed by atoms with E-state index >= 15 is 0 Å². The lowest BCUT2D eigenvalue weighted by Crippen LogP contribution is -2.24. The zero-order valence-electron chi connectivity index (χ0n) is 10.6. The molecule has 1 unspecified atom stereocenters. The summed E-state index contributed by atoms with van der Waals surface area (Å²) >= 11 is 0. The number of benzene rings is 1. The van der Waals surface area contributed by atoms with Gasteiger partial charge in [-0.2, -0.15) is 0 Å². The fourth-order valence-corrected chi connectivity index (χ4v) is 1.78. The van der Waals surface area contributed by atoms with Gasteiger partial charge in [-0.05, 0) is 19.0 Å². The average molecular weight is 279 g/mol. The Bertz CT molecular complexity index is 387. The van der Waals surface area contributed by atoms with Gasteiger partial charge in [0.2, 0.25) is 0 Å². The number of alkyl halides is 2. The molecule has 1 atom stereocenters. The molecular formula is C13H17F4NO. The maximum absolute atomic E-state index is 13.6. The first-order chi connectivity index (χ1) is 9.06. The van der Waals surface area contributed by atoms with Gasteiger partial charge in [0.25, 0.3) is 6.43 Å². The van der Waals surface area contributed by atoms with E-state index in [1.165, 1.54) is 12.1 Å². The molecule has 0 bridgehead atoms. The largest absolute Gasteiger partial charge is 0.375 e. The Morgan fingerprint density at radius 2 is 2.00 bits per heavy atom. The normalized spacial score (nSPS) is 12.9. The van der Waals surface area contributed by atoms with Gasteiger partial charge in [-0.25, -0.2) is 17.6 Å². The smallest absolute Gasteiger partial charge is 0.261 e. The van der Waals surface area contributed by atoms with Gasteiger partial charge in [0.05, 0.1) is 0 Å². The van der Waals surface area contributed by atoms with Gasteiger partial charge in [-0.1, -0.05) is 19.1 Å². The van der Waals surface area contributed by atoms with E-state index in [4.69, 9.17) is 4.74 Å². The van der Waals surface area contributed by atoms with E-state index in [1.807, 2.05) is 6.92 Å². The van der Waals surface area contributed by atoms with Gasteiger partial charge >= 0.3 is 0 Å². The lowest BCUT2D eigenvalue weighted by molar-refractivity contribution is 0.0143. The molecule has 6 heteroatoms. The number of hydrogen-bond acceptors (Lipinski definition) is 2. The van der Waals surface area contributed by atoms with E-state index < -0.39 is 30.7 Å². The maximum atomic E-state index is 13.6. The number of hydrogen-bond donors (Lipinski definition) is 1. The van der Waals surface area contributed by atoms with Crippen LogP contribution < -0.4 is 5.32 Å². The predicted molar refractivity (Wildman–Crippen MR) is 64.2 cm³/mol. The van der Waals surface area contributed by atoms with Crippen LogP contribution in [0.1, 0.15) is 24.9 Å². The van der Waals surface area contributed by atoms with Crippen molar-refractivity contribution >= 4 is 0 Å². The molecule has 0 aromatic heterocycles. The van der Waals surface area contributed by atoms with E-state index in [-0.39, 0.29) is 12.2 Å². The second-order valence-corrected chi connectivity index (χ2v) is 4.01. The minimum atomic E-state index is -2.52. The van der Waals surface area contributed by atoms with Crippen LogP contribution in [0.3, 0.4) is 0 Å². The molecule has 0 aliphatic heterocycles. The lowest BCUT2D eigenvalue weighted by atomic mass is 10.0. The molecule has 0 amide bonds. The molecule has 0 saturated carbocycles. The van der Waals surface area contributed by atoms with Crippen LogP contribution in [0.2, 0.25) is 0 Å². The van der Waals surface area contributed by atoms with Crippen molar-refractivity contribution in [1.82, 2.24) is 5.32 Å². The molecule has 1 N–H and O–H groups in total. The topological polar surface area (TPSA) is 21.3 Å². The van der Waals surface area contributed by atoms with Crippen LogP contribution in [0, 0.1) is 11.6 Å². The summed E-state index contributed by atoms with van der Waals surface area (Å²) in [5.41, 5.74) is 0.183. The predicted octanol–water partition coefficient (Wildman–Crippen LogP) is 3.29. The molecular weight excluding hydrogens is 262 g/mol. The summed E-state index contributed by atoms with van der Waals surface area (Å²) in [4.78, 5) is 0. The van der Waals surface area contributed by atoms with Crippen LogP contribution >= 0.6 is 0 Å². The van der Waals surface area contributed by atoms with Crippen molar-refractivity contribution < 1.29 is 22.3 Å². The quantitative estimate of drug-likeness (QED) is 0.582. The molecule has 0 aliphatic carbocycles. The Morgan fingerprint density at radius 1 is 1.26 bits per heavy atom. The Kier molecular flexibility index (Phi) is 6.80. The summed E-state index contributed by atoms with van der Waals surface area (Å²) in [7, 11) is 0. The van der Waals surface area contributed by atoms with E-state index in [2.05, 4.69) is 5.32 Å². The van der Waals surface area contributed by atoms with Gasteiger partial charge < -0.3 is 10.1 Å². The minimum Gasteiger partial charge on any atom is -0.375 e. The highest BCUT2D eigenvalue weighted by atomic mass is 19.3. The minimum absolute atomic E-state index is 0.0535. The molecule has 19 heavy (non-hydrogen) atoms. The van der Waals surface area contributed by atoms with Crippen molar-refractivity contribution in [2.75, 3.05) is 19.8 Å². The third kappa shape index (κ3) is 5.16. The number of nitrogens with one attached hydrogen (secondary N) is 1. The summed E-state index contributed by atoms with van der Waals surface area (Å²) < 4.78 is 55.3. The van der Waals surface area contributed by atoms with Crippen LogP contribution in [0.25, 0.3) is 0 Å². The van der Waals surface area contributed by atoms with Gasteiger partial charge in [-0.3, -0.25) is 0 Å². The Morgan fingerprint density at radius 3 is 2.63 bits per heavy atom. The van der Waals surface area contributed by atoms with Crippen LogP contribution in [-0.4, -0.2) is 26.2 Å².